The lowest BCUT2D eigenvalue weighted by atomic mass is 10.4. The number of nitrogens with two attached hydrogens (primary N) is 1. The second kappa shape index (κ2) is 2.91. The Morgan fingerprint density at radius 3 is 2.58 bits per heavy atom. The molecule has 66 valence electrons. The summed E-state index contributed by atoms with van der Waals surface area (Å²) in [7, 11) is -3.24. The summed E-state index contributed by atoms with van der Waals surface area (Å²) in [5, 5.41) is 0.113. The maximum atomic E-state index is 11.0. The zero-order valence-electron chi connectivity index (χ0n) is 6.28. The molecule has 0 bridgehead atoms. The average Bonchev–Trinajstić information content (AvgIpc) is 1.92. The van der Waals surface area contributed by atoms with Gasteiger partial charge in [-0.1, -0.05) is 11.6 Å². The molecule has 0 saturated carbocycles. The summed E-state index contributed by atoms with van der Waals surface area (Å²) in [5.41, 5.74) is 5.52. The van der Waals surface area contributed by atoms with Gasteiger partial charge in [-0.2, -0.15) is 0 Å². The lowest BCUT2D eigenvalue weighted by Crippen LogP contribution is -2.00. The number of anilines is 1. The highest BCUT2D eigenvalue weighted by molar-refractivity contribution is 7.90. The minimum Gasteiger partial charge on any atom is -0.396 e. The van der Waals surface area contributed by atoms with Crippen molar-refractivity contribution in [3.8, 4) is 0 Å². The van der Waals surface area contributed by atoms with Crippen LogP contribution in [0.2, 0.25) is 5.15 Å². The van der Waals surface area contributed by atoms with E-state index in [1.54, 1.807) is 0 Å². The van der Waals surface area contributed by atoms with Crippen molar-refractivity contribution < 1.29 is 8.42 Å². The molecule has 0 aliphatic carbocycles. The van der Waals surface area contributed by atoms with E-state index in [0.717, 1.165) is 6.26 Å². The summed E-state index contributed by atoms with van der Waals surface area (Å²) in [6, 6.07) is 1.28. The van der Waals surface area contributed by atoms with Crippen LogP contribution in [0.4, 0.5) is 5.69 Å². The number of nitrogen functional groups attached to an aromatic ring is 1. The van der Waals surface area contributed by atoms with Gasteiger partial charge in [0.05, 0.1) is 10.6 Å². The van der Waals surface area contributed by atoms with Crippen molar-refractivity contribution >= 4 is 27.1 Å². The van der Waals surface area contributed by atoms with Crippen molar-refractivity contribution in [3.05, 3.63) is 17.4 Å². The van der Waals surface area contributed by atoms with Gasteiger partial charge in [-0.25, -0.2) is 13.4 Å². The highest BCUT2D eigenvalue weighted by atomic mass is 35.5. The normalized spacial score (nSPS) is 11.5. The predicted octanol–water partition coefficient (Wildman–Crippen LogP) is 0.721. The number of hydrogen-bond donors (Lipinski definition) is 1. The van der Waals surface area contributed by atoms with E-state index in [2.05, 4.69) is 4.98 Å². The Morgan fingerprint density at radius 2 is 2.17 bits per heavy atom. The molecule has 1 heterocycles. The Morgan fingerprint density at radius 1 is 1.58 bits per heavy atom. The van der Waals surface area contributed by atoms with Gasteiger partial charge in [0, 0.05) is 12.5 Å². The first kappa shape index (κ1) is 9.28. The molecule has 12 heavy (non-hydrogen) atoms. The van der Waals surface area contributed by atoms with Crippen LogP contribution in [0.1, 0.15) is 0 Å². The highest BCUT2D eigenvalue weighted by Crippen LogP contribution is 2.18. The zero-order chi connectivity index (χ0) is 9.35. The summed E-state index contributed by atoms with van der Waals surface area (Å²) in [5.74, 6) is 0. The van der Waals surface area contributed by atoms with E-state index in [-0.39, 0.29) is 15.7 Å². The SMILES string of the molecule is CS(=O)(=O)c1cnc(Cl)c(N)c1. The first-order chi connectivity index (χ1) is 5.41. The lowest BCUT2D eigenvalue weighted by Gasteiger charge is -1.99. The molecule has 4 nitrogen and oxygen atoms in total. The van der Waals surface area contributed by atoms with Crippen LogP contribution in [-0.2, 0) is 9.84 Å². The van der Waals surface area contributed by atoms with Gasteiger partial charge in [0.15, 0.2) is 15.0 Å². The van der Waals surface area contributed by atoms with Crippen LogP contribution in [0.3, 0.4) is 0 Å². The molecule has 0 atom stereocenters. The van der Waals surface area contributed by atoms with E-state index < -0.39 is 9.84 Å². The molecule has 2 N–H and O–H groups in total. The molecule has 0 unspecified atom stereocenters. The summed E-state index contributed by atoms with van der Waals surface area (Å²) >= 11 is 5.50. The van der Waals surface area contributed by atoms with Crippen molar-refractivity contribution in [2.75, 3.05) is 12.0 Å². The van der Waals surface area contributed by atoms with Crippen LogP contribution in [-0.4, -0.2) is 19.7 Å². The van der Waals surface area contributed by atoms with Crippen molar-refractivity contribution in [1.82, 2.24) is 4.98 Å². The average molecular weight is 207 g/mol. The first-order valence-corrected chi connectivity index (χ1v) is 5.29. The number of aromatic nitrogens is 1. The van der Waals surface area contributed by atoms with Gasteiger partial charge in [0.25, 0.3) is 0 Å². The molecule has 1 rings (SSSR count). The van der Waals surface area contributed by atoms with E-state index in [1.807, 2.05) is 0 Å². The van der Waals surface area contributed by atoms with Crippen molar-refractivity contribution in [3.63, 3.8) is 0 Å². The summed E-state index contributed by atoms with van der Waals surface area (Å²) < 4.78 is 21.9. The molecule has 0 aliphatic rings. The Hall–Kier alpha value is -0.810. The number of nitrogens with zero attached hydrogens (tertiary/aromatic N) is 1. The van der Waals surface area contributed by atoms with Crippen LogP contribution in [0.25, 0.3) is 0 Å². The van der Waals surface area contributed by atoms with Gasteiger partial charge >= 0.3 is 0 Å². The van der Waals surface area contributed by atoms with E-state index in [1.165, 1.54) is 12.3 Å². The molecule has 1 aromatic rings. The van der Waals surface area contributed by atoms with Crippen LogP contribution >= 0.6 is 11.6 Å². The molecule has 0 spiro atoms. The highest BCUT2D eigenvalue weighted by Gasteiger charge is 2.08. The molecular formula is C6H7ClN2O2S. The second-order valence-electron chi connectivity index (χ2n) is 2.32. The third-order valence-corrected chi connectivity index (χ3v) is 2.66. The Bertz CT molecular complexity index is 402. The molecule has 0 saturated heterocycles. The Kier molecular flexibility index (Phi) is 2.25. The van der Waals surface area contributed by atoms with Crippen LogP contribution in [0.15, 0.2) is 17.2 Å². The Balaban J connectivity index is 3.33. The van der Waals surface area contributed by atoms with Crippen LogP contribution in [0, 0.1) is 0 Å². The van der Waals surface area contributed by atoms with Crippen molar-refractivity contribution in [2.24, 2.45) is 0 Å². The number of sulfone groups is 1. The van der Waals surface area contributed by atoms with Gasteiger partial charge in [0.2, 0.25) is 0 Å². The van der Waals surface area contributed by atoms with E-state index in [9.17, 15) is 8.42 Å². The van der Waals surface area contributed by atoms with Crippen LogP contribution in [0.5, 0.6) is 0 Å². The third-order valence-electron chi connectivity index (χ3n) is 1.27. The topological polar surface area (TPSA) is 73.0 Å². The quantitative estimate of drug-likeness (QED) is 0.688. The van der Waals surface area contributed by atoms with Gasteiger partial charge in [-0.05, 0) is 6.07 Å². The molecule has 0 amide bonds. The molecular weight excluding hydrogens is 200 g/mol. The fourth-order valence-electron chi connectivity index (χ4n) is 0.648. The van der Waals surface area contributed by atoms with E-state index >= 15 is 0 Å². The monoisotopic (exact) mass is 206 g/mol. The van der Waals surface area contributed by atoms with Gasteiger partial charge in [-0.3, -0.25) is 0 Å². The fraction of sp³-hybridized carbons (Fsp3) is 0.167. The van der Waals surface area contributed by atoms with Gasteiger partial charge in [0.1, 0.15) is 0 Å². The second-order valence-corrected chi connectivity index (χ2v) is 4.70. The number of hydrogen-bond acceptors (Lipinski definition) is 4. The lowest BCUT2D eigenvalue weighted by molar-refractivity contribution is 0.601. The van der Waals surface area contributed by atoms with Gasteiger partial charge in [-0.15, -0.1) is 0 Å². The van der Waals surface area contributed by atoms with E-state index in [0.29, 0.717) is 0 Å². The third kappa shape index (κ3) is 1.86. The minimum absolute atomic E-state index is 0.0735. The molecule has 0 radical (unpaired) electrons. The van der Waals surface area contributed by atoms with Crippen LogP contribution < -0.4 is 5.73 Å². The Labute approximate surface area is 75.3 Å². The zero-order valence-corrected chi connectivity index (χ0v) is 7.85. The molecule has 1 aromatic heterocycles. The first-order valence-electron chi connectivity index (χ1n) is 3.02. The number of pyridine rings is 1. The fourth-order valence-corrected chi connectivity index (χ4v) is 1.34. The maximum absolute atomic E-state index is 11.0. The summed E-state index contributed by atoms with van der Waals surface area (Å²) in [6.07, 6.45) is 2.26. The van der Waals surface area contributed by atoms with E-state index in [4.69, 9.17) is 17.3 Å². The standard InChI is InChI=1S/C6H7ClN2O2S/c1-12(10,11)4-2-5(8)6(7)9-3-4/h2-3H,8H2,1H3. The van der Waals surface area contributed by atoms with Crippen molar-refractivity contribution in [2.45, 2.75) is 4.90 Å². The number of rotatable bonds is 1. The van der Waals surface area contributed by atoms with Crippen molar-refractivity contribution in [1.29, 1.82) is 0 Å². The number of halogens is 1. The molecule has 0 aromatic carbocycles. The molecule has 0 aliphatic heterocycles. The maximum Gasteiger partial charge on any atom is 0.177 e. The minimum atomic E-state index is -3.24. The summed E-state index contributed by atoms with van der Waals surface area (Å²) in [4.78, 5) is 3.68. The summed E-state index contributed by atoms with van der Waals surface area (Å²) in [6.45, 7) is 0. The molecule has 6 heteroatoms. The van der Waals surface area contributed by atoms with Gasteiger partial charge < -0.3 is 5.73 Å². The largest absolute Gasteiger partial charge is 0.396 e. The predicted molar refractivity (Wildman–Crippen MR) is 46.8 cm³/mol. The molecule has 0 fully saturated rings. The smallest absolute Gasteiger partial charge is 0.177 e.